The lowest BCUT2D eigenvalue weighted by molar-refractivity contribution is -0.116. The Morgan fingerprint density at radius 1 is 1.22 bits per heavy atom. The number of fused-ring (bicyclic) bond motifs is 1. The number of amides is 1. The molecule has 0 bridgehead atoms. The topological polar surface area (TPSA) is 111 Å². The van der Waals surface area contributed by atoms with E-state index in [9.17, 15) is 19.5 Å². The van der Waals surface area contributed by atoms with Crippen LogP contribution in [0.15, 0.2) is 58.7 Å². The highest BCUT2D eigenvalue weighted by Crippen LogP contribution is 2.28. The van der Waals surface area contributed by atoms with Gasteiger partial charge < -0.3 is 15.2 Å². The van der Waals surface area contributed by atoms with Crippen molar-refractivity contribution in [3.8, 4) is 17.1 Å². The number of carboxylic acids is 1. The first kappa shape index (κ1) is 21.5. The molecule has 162 valence electrons. The maximum atomic E-state index is 13.3. The summed E-state index contributed by atoms with van der Waals surface area (Å²) in [6, 6.07) is 13.7. The SMILES string of the molecule is COc1ccc(Cl)cc1NC(=O)Cn1c(-c2ccccc2)nc2scc(C(=O)O)c2c1=O. The van der Waals surface area contributed by atoms with Gasteiger partial charge in [-0.1, -0.05) is 41.9 Å². The average Bonchev–Trinajstić information content (AvgIpc) is 3.21. The van der Waals surface area contributed by atoms with E-state index in [2.05, 4.69) is 10.3 Å². The van der Waals surface area contributed by atoms with E-state index in [0.29, 0.717) is 26.9 Å². The maximum absolute atomic E-state index is 13.3. The Morgan fingerprint density at radius 2 is 1.97 bits per heavy atom. The number of rotatable bonds is 6. The van der Waals surface area contributed by atoms with Crippen molar-refractivity contribution < 1.29 is 19.4 Å². The molecule has 0 aliphatic carbocycles. The molecule has 0 radical (unpaired) electrons. The molecule has 8 nitrogen and oxygen atoms in total. The van der Waals surface area contributed by atoms with Gasteiger partial charge in [-0.25, -0.2) is 9.78 Å². The Kier molecular flexibility index (Phi) is 5.93. The monoisotopic (exact) mass is 469 g/mol. The summed E-state index contributed by atoms with van der Waals surface area (Å²) in [5, 5.41) is 13.9. The summed E-state index contributed by atoms with van der Waals surface area (Å²) in [6.07, 6.45) is 0. The molecular formula is C22H16ClN3O5S. The van der Waals surface area contributed by atoms with Crippen LogP contribution < -0.4 is 15.6 Å². The normalized spacial score (nSPS) is 10.8. The predicted molar refractivity (Wildman–Crippen MR) is 123 cm³/mol. The van der Waals surface area contributed by atoms with Crippen LogP contribution in [-0.4, -0.2) is 33.6 Å². The van der Waals surface area contributed by atoms with E-state index in [1.807, 2.05) is 6.07 Å². The number of carboxylic acid groups (broad SMARTS) is 1. The summed E-state index contributed by atoms with van der Waals surface area (Å²) >= 11 is 7.09. The van der Waals surface area contributed by atoms with Gasteiger partial charge in [-0.15, -0.1) is 11.3 Å². The molecule has 0 saturated carbocycles. The molecule has 0 saturated heterocycles. The minimum atomic E-state index is -1.23. The summed E-state index contributed by atoms with van der Waals surface area (Å²) < 4.78 is 6.41. The smallest absolute Gasteiger partial charge is 0.337 e. The van der Waals surface area contributed by atoms with Crippen LogP contribution in [-0.2, 0) is 11.3 Å². The van der Waals surface area contributed by atoms with Crippen LogP contribution in [0, 0.1) is 0 Å². The quantitative estimate of drug-likeness (QED) is 0.439. The number of hydrogen-bond donors (Lipinski definition) is 2. The molecule has 32 heavy (non-hydrogen) atoms. The van der Waals surface area contributed by atoms with Gasteiger partial charge in [0.1, 0.15) is 22.9 Å². The number of nitrogens with zero attached hydrogens (tertiary/aromatic N) is 2. The number of ether oxygens (including phenoxy) is 1. The third-order valence-corrected chi connectivity index (χ3v) is 5.80. The molecule has 1 amide bonds. The van der Waals surface area contributed by atoms with Crippen molar-refractivity contribution in [1.82, 2.24) is 9.55 Å². The fraction of sp³-hybridized carbons (Fsp3) is 0.0909. The molecular weight excluding hydrogens is 454 g/mol. The van der Waals surface area contributed by atoms with Crippen LogP contribution in [0.1, 0.15) is 10.4 Å². The standard InChI is InChI=1S/C22H16ClN3O5S/c1-31-16-8-7-13(23)9-15(16)24-17(27)10-26-19(12-5-3-2-4-6-12)25-20-18(21(26)28)14(11-32-20)22(29)30/h2-9,11H,10H2,1H3,(H,24,27)(H,29,30). The van der Waals surface area contributed by atoms with Gasteiger partial charge >= 0.3 is 5.97 Å². The first-order valence-corrected chi connectivity index (χ1v) is 10.6. The van der Waals surface area contributed by atoms with Crippen LogP contribution in [0.5, 0.6) is 5.75 Å². The number of hydrogen-bond acceptors (Lipinski definition) is 6. The van der Waals surface area contributed by atoms with E-state index in [1.54, 1.807) is 36.4 Å². The van der Waals surface area contributed by atoms with Crippen molar-refractivity contribution in [1.29, 1.82) is 0 Å². The largest absolute Gasteiger partial charge is 0.495 e. The lowest BCUT2D eigenvalue weighted by Gasteiger charge is -2.14. The Morgan fingerprint density at radius 3 is 2.66 bits per heavy atom. The third-order valence-electron chi connectivity index (χ3n) is 4.69. The lowest BCUT2D eigenvalue weighted by Crippen LogP contribution is -2.30. The molecule has 2 aromatic carbocycles. The molecule has 2 heterocycles. The number of carbonyl (C=O) groups is 2. The van der Waals surface area contributed by atoms with Gasteiger partial charge in [0.15, 0.2) is 0 Å². The fourth-order valence-electron chi connectivity index (χ4n) is 3.25. The van der Waals surface area contributed by atoms with Gasteiger partial charge in [0.05, 0.1) is 23.7 Å². The van der Waals surface area contributed by atoms with E-state index >= 15 is 0 Å². The summed E-state index contributed by atoms with van der Waals surface area (Å²) in [6.45, 7) is -0.392. The van der Waals surface area contributed by atoms with E-state index in [4.69, 9.17) is 16.3 Å². The highest BCUT2D eigenvalue weighted by atomic mass is 35.5. The molecule has 2 N–H and O–H groups in total. The number of nitrogens with one attached hydrogen (secondary N) is 1. The molecule has 0 fully saturated rings. The molecule has 0 unspecified atom stereocenters. The highest BCUT2D eigenvalue weighted by molar-refractivity contribution is 7.17. The second-order valence-electron chi connectivity index (χ2n) is 6.72. The van der Waals surface area contributed by atoms with Gasteiger partial charge in [0.2, 0.25) is 5.91 Å². The Bertz CT molecular complexity index is 1400. The number of carbonyl (C=O) groups excluding carboxylic acids is 1. The number of aromatic nitrogens is 2. The summed E-state index contributed by atoms with van der Waals surface area (Å²) in [4.78, 5) is 42.6. The number of methoxy groups -OCH3 is 1. The summed E-state index contributed by atoms with van der Waals surface area (Å²) in [5.74, 6) is -1.10. The molecule has 0 aliphatic heterocycles. The van der Waals surface area contributed by atoms with E-state index in [0.717, 1.165) is 11.3 Å². The zero-order valence-electron chi connectivity index (χ0n) is 16.7. The van der Waals surface area contributed by atoms with Crippen LogP contribution in [0.2, 0.25) is 5.02 Å². The third kappa shape index (κ3) is 4.08. The van der Waals surface area contributed by atoms with Crippen LogP contribution >= 0.6 is 22.9 Å². The van der Waals surface area contributed by atoms with E-state index in [1.165, 1.54) is 23.1 Å². The molecule has 2 aromatic heterocycles. The zero-order valence-corrected chi connectivity index (χ0v) is 18.2. The zero-order chi connectivity index (χ0) is 22.8. The molecule has 0 spiro atoms. The first-order valence-electron chi connectivity index (χ1n) is 9.33. The average molecular weight is 470 g/mol. The van der Waals surface area contributed by atoms with E-state index < -0.39 is 24.0 Å². The van der Waals surface area contributed by atoms with Crippen LogP contribution in [0.3, 0.4) is 0 Å². The minimum Gasteiger partial charge on any atom is -0.495 e. The van der Waals surface area contributed by atoms with E-state index in [-0.39, 0.29) is 16.8 Å². The van der Waals surface area contributed by atoms with Crippen molar-refractivity contribution in [2.24, 2.45) is 0 Å². The molecule has 0 atom stereocenters. The first-order chi connectivity index (χ1) is 15.4. The number of aromatic carboxylic acids is 1. The number of halogens is 1. The van der Waals surface area contributed by atoms with Crippen molar-refractivity contribution >= 4 is 50.7 Å². The second-order valence-corrected chi connectivity index (χ2v) is 8.01. The van der Waals surface area contributed by atoms with Crippen molar-refractivity contribution in [3.63, 3.8) is 0 Å². The van der Waals surface area contributed by atoms with Crippen molar-refractivity contribution in [2.45, 2.75) is 6.54 Å². The lowest BCUT2D eigenvalue weighted by atomic mass is 10.2. The van der Waals surface area contributed by atoms with Crippen molar-refractivity contribution in [2.75, 3.05) is 12.4 Å². The van der Waals surface area contributed by atoms with Gasteiger partial charge in [0, 0.05) is 16.0 Å². The van der Waals surface area contributed by atoms with Crippen LogP contribution in [0.25, 0.3) is 21.6 Å². The van der Waals surface area contributed by atoms with Crippen LogP contribution in [0.4, 0.5) is 5.69 Å². The highest BCUT2D eigenvalue weighted by Gasteiger charge is 2.22. The Labute approximate surface area is 190 Å². The molecule has 4 aromatic rings. The predicted octanol–water partition coefficient (Wildman–Crippen LogP) is 4.12. The number of thiophene rings is 1. The molecule has 0 aliphatic rings. The second kappa shape index (κ2) is 8.81. The van der Waals surface area contributed by atoms with Gasteiger partial charge in [-0.05, 0) is 18.2 Å². The number of anilines is 1. The van der Waals surface area contributed by atoms with Gasteiger partial charge in [-0.3, -0.25) is 14.2 Å². The summed E-state index contributed by atoms with van der Waals surface area (Å²) in [7, 11) is 1.46. The minimum absolute atomic E-state index is 0.0321. The molecule has 10 heteroatoms. The maximum Gasteiger partial charge on any atom is 0.337 e. The Hall–Kier alpha value is -3.69. The summed E-state index contributed by atoms with van der Waals surface area (Å²) in [5.41, 5.74) is 0.202. The van der Waals surface area contributed by atoms with Gasteiger partial charge in [0.25, 0.3) is 5.56 Å². The fourth-order valence-corrected chi connectivity index (χ4v) is 4.32. The van der Waals surface area contributed by atoms with Crippen molar-refractivity contribution in [3.05, 3.63) is 74.9 Å². The Balaban J connectivity index is 1.81. The molecule has 4 rings (SSSR count). The van der Waals surface area contributed by atoms with Gasteiger partial charge in [-0.2, -0.15) is 0 Å². The number of benzene rings is 2.